The third kappa shape index (κ3) is 3.58. The van der Waals surface area contributed by atoms with E-state index in [1.165, 1.54) is 31.5 Å². The van der Waals surface area contributed by atoms with Crippen LogP contribution in [0.1, 0.15) is 42.1 Å². The molecule has 5 nitrogen and oxygen atoms in total. The van der Waals surface area contributed by atoms with E-state index in [4.69, 9.17) is 4.42 Å². The lowest BCUT2D eigenvalue weighted by molar-refractivity contribution is 0.102. The highest BCUT2D eigenvalue weighted by Gasteiger charge is 2.33. The number of carbonyl (C=O) groups excluding carboxylic acids is 1. The number of fused-ring (bicyclic) bond motifs is 1. The van der Waals surface area contributed by atoms with Gasteiger partial charge in [-0.15, -0.1) is 0 Å². The highest BCUT2D eigenvalue weighted by Crippen LogP contribution is 2.30. The molecule has 5 rings (SSSR count). The molecule has 0 radical (unpaired) electrons. The minimum atomic E-state index is -0.0989. The van der Waals surface area contributed by atoms with Gasteiger partial charge in [-0.3, -0.25) is 9.69 Å². The van der Waals surface area contributed by atoms with E-state index in [-0.39, 0.29) is 5.91 Å². The molecule has 0 aliphatic carbocycles. The summed E-state index contributed by atoms with van der Waals surface area (Å²) >= 11 is 0. The second kappa shape index (κ2) is 7.80. The molecule has 0 spiro atoms. The maximum atomic E-state index is 12.7. The summed E-state index contributed by atoms with van der Waals surface area (Å²) in [5, 5.41) is 4.00. The minimum Gasteiger partial charge on any atom is -0.464 e. The number of nitrogens with zero attached hydrogens (tertiary/aromatic N) is 2. The van der Waals surface area contributed by atoms with E-state index in [9.17, 15) is 4.79 Å². The summed E-state index contributed by atoms with van der Waals surface area (Å²) in [6, 6.07) is 15.1. The quantitative estimate of drug-likeness (QED) is 0.662. The molecular formula is C25H29N3O2. The van der Waals surface area contributed by atoms with E-state index < -0.39 is 0 Å². The highest BCUT2D eigenvalue weighted by atomic mass is 16.3. The number of hydrogen-bond acceptors (Lipinski definition) is 4. The molecule has 5 heteroatoms. The average Bonchev–Trinajstić information content (AvgIpc) is 3.48. The van der Waals surface area contributed by atoms with Crippen LogP contribution >= 0.6 is 0 Å². The molecule has 1 aromatic heterocycles. The molecule has 30 heavy (non-hydrogen) atoms. The molecule has 2 aromatic carbocycles. The lowest BCUT2D eigenvalue weighted by Crippen LogP contribution is -2.39. The Bertz CT molecular complexity index is 1070. The number of hydrogen-bond donors (Lipinski definition) is 1. The summed E-state index contributed by atoms with van der Waals surface area (Å²) in [5.41, 5.74) is 4.62. The first-order valence-electron chi connectivity index (χ1n) is 11.0. The fourth-order valence-corrected chi connectivity index (χ4v) is 5.03. The second-order valence-electron chi connectivity index (χ2n) is 8.74. The van der Waals surface area contributed by atoms with Crippen LogP contribution in [0.3, 0.4) is 0 Å². The zero-order valence-corrected chi connectivity index (χ0v) is 17.7. The normalized spacial score (nSPS) is 22.1. The molecule has 2 aliphatic rings. The molecule has 1 N–H and O–H groups in total. The van der Waals surface area contributed by atoms with Crippen molar-refractivity contribution in [1.29, 1.82) is 0 Å². The Kier molecular flexibility index (Phi) is 4.99. The van der Waals surface area contributed by atoms with Crippen molar-refractivity contribution in [2.75, 3.05) is 29.9 Å². The van der Waals surface area contributed by atoms with E-state index >= 15 is 0 Å². The Morgan fingerprint density at radius 2 is 2.00 bits per heavy atom. The van der Waals surface area contributed by atoms with Crippen LogP contribution in [0.25, 0.3) is 11.0 Å². The molecule has 3 aromatic rings. The molecule has 3 heterocycles. The number of rotatable bonds is 4. The van der Waals surface area contributed by atoms with Gasteiger partial charge in [-0.1, -0.05) is 0 Å². The van der Waals surface area contributed by atoms with Crippen molar-refractivity contribution in [2.45, 2.75) is 45.2 Å². The van der Waals surface area contributed by atoms with E-state index in [0.717, 1.165) is 41.4 Å². The van der Waals surface area contributed by atoms with Gasteiger partial charge in [-0.25, -0.2) is 0 Å². The van der Waals surface area contributed by atoms with Crippen molar-refractivity contribution in [3.05, 3.63) is 59.9 Å². The van der Waals surface area contributed by atoms with Crippen LogP contribution in [-0.4, -0.2) is 42.5 Å². The molecule has 2 atom stereocenters. The first kappa shape index (κ1) is 19.2. The van der Waals surface area contributed by atoms with E-state index in [2.05, 4.69) is 41.1 Å². The predicted molar refractivity (Wildman–Crippen MR) is 121 cm³/mol. The third-order valence-corrected chi connectivity index (χ3v) is 6.77. The molecule has 2 saturated heterocycles. The summed E-state index contributed by atoms with van der Waals surface area (Å²) in [6.07, 6.45) is 5.54. The summed E-state index contributed by atoms with van der Waals surface area (Å²) < 4.78 is 5.36. The fraction of sp³-hybridized carbons (Fsp3) is 0.400. The SMILES string of the molecule is Cc1cc(N2CCC(N3CCCC3C)C2)ccc1NC(=O)c1ccc2occc2c1. The smallest absolute Gasteiger partial charge is 0.255 e. The summed E-state index contributed by atoms with van der Waals surface area (Å²) in [6.45, 7) is 7.87. The number of benzene rings is 2. The van der Waals surface area contributed by atoms with Crippen LogP contribution < -0.4 is 10.2 Å². The monoisotopic (exact) mass is 403 g/mol. The number of carbonyl (C=O) groups is 1. The molecule has 0 saturated carbocycles. The summed E-state index contributed by atoms with van der Waals surface area (Å²) in [7, 11) is 0. The van der Waals surface area contributed by atoms with Gasteiger partial charge >= 0.3 is 0 Å². The number of amides is 1. The molecule has 2 unspecified atom stereocenters. The van der Waals surface area contributed by atoms with E-state index in [0.29, 0.717) is 11.6 Å². The van der Waals surface area contributed by atoms with Crippen molar-refractivity contribution in [3.8, 4) is 0 Å². The Hall–Kier alpha value is -2.79. The molecule has 2 aliphatic heterocycles. The van der Waals surface area contributed by atoms with Crippen LogP contribution in [-0.2, 0) is 0 Å². The topological polar surface area (TPSA) is 48.7 Å². The van der Waals surface area contributed by atoms with E-state index in [1.807, 2.05) is 24.3 Å². The standard InChI is InChI=1S/C25H29N3O2/c1-17-14-21(27-12-9-22(16-27)28-11-3-4-18(28)2)6-7-23(17)26-25(29)20-5-8-24-19(15-20)10-13-30-24/h5-8,10,13-15,18,22H,3-4,9,11-12,16H2,1-2H3,(H,26,29). The molecular weight excluding hydrogens is 374 g/mol. The predicted octanol–water partition coefficient (Wildman–Crippen LogP) is 5.06. The number of aryl methyl sites for hydroxylation is 1. The number of likely N-dealkylation sites (tertiary alicyclic amines) is 1. The average molecular weight is 404 g/mol. The van der Waals surface area contributed by atoms with Gasteiger partial charge in [0.2, 0.25) is 0 Å². The first-order chi connectivity index (χ1) is 14.6. The number of anilines is 2. The van der Waals surface area contributed by atoms with Gasteiger partial charge in [-0.2, -0.15) is 0 Å². The Morgan fingerprint density at radius 1 is 1.10 bits per heavy atom. The Balaban J connectivity index is 1.27. The zero-order valence-electron chi connectivity index (χ0n) is 17.7. The molecule has 1 amide bonds. The van der Waals surface area contributed by atoms with Gasteiger partial charge in [0.25, 0.3) is 5.91 Å². The van der Waals surface area contributed by atoms with Crippen molar-refractivity contribution in [2.24, 2.45) is 0 Å². The van der Waals surface area contributed by atoms with Crippen molar-refractivity contribution < 1.29 is 9.21 Å². The van der Waals surface area contributed by atoms with Crippen molar-refractivity contribution in [3.63, 3.8) is 0 Å². The molecule has 0 bridgehead atoms. The molecule has 156 valence electrons. The zero-order chi connectivity index (χ0) is 20.7. The van der Waals surface area contributed by atoms with E-state index in [1.54, 1.807) is 12.3 Å². The van der Waals surface area contributed by atoms with Gasteiger partial charge in [0.1, 0.15) is 5.58 Å². The lowest BCUT2D eigenvalue weighted by Gasteiger charge is -2.28. The van der Waals surface area contributed by atoms with Crippen molar-refractivity contribution >= 4 is 28.3 Å². The molecule has 2 fully saturated rings. The second-order valence-corrected chi connectivity index (χ2v) is 8.74. The third-order valence-electron chi connectivity index (χ3n) is 6.77. The van der Waals surface area contributed by atoms with Gasteiger partial charge in [0, 0.05) is 47.5 Å². The number of furan rings is 1. The van der Waals surface area contributed by atoms with Gasteiger partial charge in [0.15, 0.2) is 0 Å². The Labute approximate surface area is 177 Å². The van der Waals surface area contributed by atoms with Crippen molar-refractivity contribution in [1.82, 2.24) is 4.90 Å². The fourth-order valence-electron chi connectivity index (χ4n) is 5.03. The highest BCUT2D eigenvalue weighted by molar-refractivity contribution is 6.06. The largest absolute Gasteiger partial charge is 0.464 e. The van der Waals surface area contributed by atoms with Crippen LogP contribution in [0.4, 0.5) is 11.4 Å². The van der Waals surface area contributed by atoms with Crippen LogP contribution in [0, 0.1) is 6.92 Å². The van der Waals surface area contributed by atoms with Crippen LogP contribution in [0.15, 0.2) is 53.1 Å². The van der Waals surface area contributed by atoms with Crippen LogP contribution in [0.5, 0.6) is 0 Å². The Morgan fingerprint density at radius 3 is 2.80 bits per heavy atom. The lowest BCUT2D eigenvalue weighted by atomic mass is 10.1. The van der Waals surface area contributed by atoms with Gasteiger partial charge in [-0.05, 0) is 87.7 Å². The maximum Gasteiger partial charge on any atom is 0.255 e. The maximum absolute atomic E-state index is 12.7. The van der Waals surface area contributed by atoms with Gasteiger partial charge in [0.05, 0.1) is 6.26 Å². The van der Waals surface area contributed by atoms with Crippen LogP contribution in [0.2, 0.25) is 0 Å². The van der Waals surface area contributed by atoms with Gasteiger partial charge < -0.3 is 14.6 Å². The number of nitrogens with one attached hydrogen (secondary N) is 1. The summed E-state index contributed by atoms with van der Waals surface area (Å²) in [4.78, 5) is 17.9. The minimum absolute atomic E-state index is 0.0989. The first-order valence-corrected chi connectivity index (χ1v) is 11.0. The summed E-state index contributed by atoms with van der Waals surface area (Å²) in [5.74, 6) is -0.0989.